The van der Waals surface area contributed by atoms with Gasteiger partial charge in [0.1, 0.15) is 0 Å². The van der Waals surface area contributed by atoms with Crippen LogP contribution in [0.2, 0.25) is 0 Å². The molecule has 0 radical (unpaired) electrons. The molecule has 3 aromatic rings. The third-order valence-electron chi connectivity index (χ3n) is 8.34. The van der Waals surface area contributed by atoms with Crippen LogP contribution in [0.5, 0.6) is 51.7 Å². The molecule has 1 atom stereocenters. The molecule has 1 aliphatic rings. The fraction of sp³-hybridized carbons (Fsp3) is 0.429. The number of carbonyl (C=O) groups excluding carboxylic acids is 2. The summed E-state index contributed by atoms with van der Waals surface area (Å²) in [6, 6.07) is 9.92. The molecule has 3 aromatic carbocycles. The number of rotatable bonds is 14. The van der Waals surface area contributed by atoms with E-state index in [0.29, 0.717) is 82.3 Å². The Kier molecular flexibility index (Phi) is 11.9. The summed E-state index contributed by atoms with van der Waals surface area (Å²) in [5, 5.41) is 0. The van der Waals surface area contributed by atoms with Crippen molar-refractivity contribution in [2.24, 2.45) is 0 Å². The Bertz CT molecular complexity index is 1530. The number of carbonyl (C=O) groups is 2. The highest BCUT2D eigenvalue weighted by Crippen LogP contribution is 2.41. The van der Waals surface area contributed by atoms with Crippen molar-refractivity contribution < 1.29 is 52.2 Å². The van der Waals surface area contributed by atoms with Crippen molar-refractivity contribution >= 4 is 11.8 Å². The smallest absolute Gasteiger partial charge is 0.254 e. The van der Waals surface area contributed by atoms with Crippen LogP contribution in [0.4, 0.5) is 0 Å². The summed E-state index contributed by atoms with van der Waals surface area (Å²) in [5.41, 5.74) is 1.65. The van der Waals surface area contributed by atoms with Gasteiger partial charge in [0.2, 0.25) is 17.2 Å². The lowest BCUT2D eigenvalue weighted by Crippen LogP contribution is -2.56. The molecule has 0 aliphatic carbocycles. The Hall–Kier alpha value is -5.20. The van der Waals surface area contributed by atoms with E-state index in [1.807, 2.05) is 12.1 Å². The molecule has 1 fully saturated rings. The first kappa shape index (κ1) is 35.7. The number of nitrogens with zero attached hydrogens (tertiary/aromatic N) is 2. The van der Waals surface area contributed by atoms with Crippen LogP contribution >= 0.6 is 0 Å². The summed E-state index contributed by atoms with van der Waals surface area (Å²) in [6.45, 7) is 0.855. The van der Waals surface area contributed by atoms with Gasteiger partial charge in [-0.2, -0.15) is 0 Å². The SMILES string of the molecule is COc1cc(CCC2CN(C(=O)c3cc(OC)c(OC)c(OC)c3)CCN2C(=O)c2cc(OC)c(OC)c(OC)c2)cc(OC)c1OC. The lowest BCUT2D eigenvalue weighted by atomic mass is 9.99. The summed E-state index contributed by atoms with van der Waals surface area (Å²) >= 11 is 0. The normalized spacial score (nSPS) is 14.1. The van der Waals surface area contributed by atoms with Crippen LogP contribution in [0.3, 0.4) is 0 Å². The number of hydrogen-bond donors (Lipinski definition) is 0. The van der Waals surface area contributed by atoms with Gasteiger partial charge in [0.15, 0.2) is 34.5 Å². The zero-order valence-corrected chi connectivity index (χ0v) is 29.0. The van der Waals surface area contributed by atoms with Crippen molar-refractivity contribution in [1.82, 2.24) is 9.80 Å². The number of aryl methyl sites for hydroxylation is 1. The van der Waals surface area contributed by atoms with Gasteiger partial charge in [-0.1, -0.05) is 0 Å². The highest BCUT2D eigenvalue weighted by atomic mass is 16.5. The van der Waals surface area contributed by atoms with Crippen LogP contribution in [-0.4, -0.2) is 111 Å². The predicted octanol–water partition coefficient (Wildman–Crippen LogP) is 4.36. The topological polar surface area (TPSA) is 124 Å². The minimum atomic E-state index is -0.365. The molecule has 13 nitrogen and oxygen atoms in total. The van der Waals surface area contributed by atoms with Crippen molar-refractivity contribution in [2.45, 2.75) is 18.9 Å². The molecular weight excluding hydrogens is 624 g/mol. The van der Waals surface area contributed by atoms with Crippen molar-refractivity contribution in [3.8, 4) is 51.7 Å². The molecule has 260 valence electrons. The lowest BCUT2D eigenvalue weighted by molar-refractivity contribution is 0.0371. The van der Waals surface area contributed by atoms with Crippen molar-refractivity contribution in [2.75, 3.05) is 83.6 Å². The number of benzene rings is 3. The molecule has 1 saturated heterocycles. The van der Waals surface area contributed by atoms with Crippen LogP contribution in [0.25, 0.3) is 0 Å². The third kappa shape index (κ3) is 7.19. The fourth-order valence-corrected chi connectivity index (χ4v) is 5.92. The Labute approximate surface area is 281 Å². The highest BCUT2D eigenvalue weighted by Gasteiger charge is 2.35. The Morgan fingerprint density at radius 2 is 0.917 bits per heavy atom. The molecule has 0 N–H and O–H groups in total. The maximum Gasteiger partial charge on any atom is 0.254 e. The van der Waals surface area contributed by atoms with Gasteiger partial charge in [0.05, 0.1) is 70.0 Å². The minimum Gasteiger partial charge on any atom is -0.493 e. The molecule has 0 bridgehead atoms. The van der Waals surface area contributed by atoms with Crippen LogP contribution in [0.1, 0.15) is 32.7 Å². The second-order valence-electron chi connectivity index (χ2n) is 10.8. The van der Waals surface area contributed by atoms with Gasteiger partial charge in [-0.05, 0) is 54.8 Å². The van der Waals surface area contributed by atoms with Crippen LogP contribution in [0.15, 0.2) is 36.4 Å². The quantitative estimate of drug-likeness (QED) is 0.243. The molecule has 0 spiro atoms. The molecule has 4 rings (SSSR count). The van der Waals surface area contributed by atoms with E-state index in [2.05, 4.69) is 0 Å². The Morgan fingerprint density at radius 1 is 0.542 bits per heavy atom. The monoisotopic (exact) mass is 668 g/mol. The van der Waals surface area contributed by atoms with Crippen molar-refractivity contribution in [3.05, 3.63) is 53.1 Å². The summed E-state index contributed by atoms with van der Waals surface area (Å²) in [4.78, 5) is 31.7. The molecule has 48 heavy (non-hydrogen) atoms. The van der Waals surface area contributed by atoms with Gasteiger partial charge < -0.3 is 52.4 Å². The van der Waals surface area contributed by atoms with Crippen molar-refractivity contribution in [3.63, 3.8) is 0 Å². The van der Waals surface area contributed by atoms with Gasteiger partial charge in [-0.3, -0.25) is 9.59 Å². The standard InChI is InChI=1S/C35H44N2O11/c1-40-25-14-21(15-26(41-2)31(25)46-7)10-11-24-20-36(34(38)22-16-27(42-3)32(47-8)28(17-22)43-4)12-13-37(24)35(39)23-18-29(44-5)33(48-9)30(19-23)45-6/h14-19,24H,10-13,20H2,1-9H3. The van der Waals surface area contributed by atoms with Crippen LogP contribution in [-0.2, 0) is 6.42 Å². The minimum absolute atomic E-state index is 0.230. The third-order valence-corrected chi connectivity index (χ3v) is 8.34. The van der Waals surface area contributed by atoms with Gasteiger partial charge in [0, 0.05) is 30.8 Å². The van der Waals surface area contributed by atoms with Crippen LogP contribution in [0, 0.1) is 0 Å². The first-order valence-electron chi connectivity index (χ1n) is 15.2. The van der Waals surface area contributed by atoms with E-state index in [1.165, 1.54) is 42.7 Å². The molecular formula is C35H44N2O11. The summed E-state index contributed by atoms with van der Waals surface area (Å²) < 4.78 is 49.5. The first-order valence-corrected chi connectivity index (χ1v) is 15.2. The first-order chi connectivity index (χ1) is 23.2. The van der Waals surface area contributed by atoms with E-state index in [-0.39, 0.29) is 30.9 Å². The van der Waals surface area contributed by atoms with E-state index in [4.69, 9.17) is 42.6 Å². The average Bonchev–Trinajstić information content (AvgIpc) is 3.14. The maximum atomic E-state index is 14.2. The predicted molar refractivity (Wildman–Crippen MR) is 177 cm³/mol. The van der Waals surface area contributed by atoms with Crippen molar-refractivity contribution in [1.29, 1.82) is 0 Å². The van der Waals surface area contributed by atoms with E-state index < -0.39 is 0 Å². The van der Waals surface area contributed by atoms with Crippen LogP contribution < -0.4 is 42.6 Å². The highest BCUT2D eigenvalue weighted by molar-refractivity contribution is 5.97. The van der Waals surface area contributed by atoms with E-state index in [1.54, 1.807) is 55.4 Å². The van der Waals surface area contributed by atoms with E-state index in [9.17, 15) is 9.59 Å². The molecule has 1 heterocycles. The zero-order valence-electron chi connectivity index (χ0n) is 29.0. The number of hydrogen-bond acceptors (Lipinski definition) is 11. The van der Waals surface area contributed by atoms with Gasteiger partial charge >= 0.3 is 0 Å². The summed E-state index contributed by atoms with van der Waals surface area (Å²) in [5.74, 6) is 3.33. The molecule has 0 saturated carbocycles. The van der Waals surface area contributed by atoms with Gasteiger partial charge in [0.25, 0.3) is 11.8 Å². The molecule has 13 heteroatoms. The zero-order chi connectivity index (χ0) is 35.0. The van der Waals surface area contributed by atoms with Gasteiger partial charge in [-0.15, -0.1) is 0 Å². The number of piperazine rings is 1. The Balaban J connectivity index is 1.70. The second kappa shape index (κ2) is 16.1. The number of ether oxygens (including phenoxy) is 9. The number of methoxy groups -OCH3 is 9. The summed E-state index contributed by atoms with van der Waals surface area (Å²) in [7, 11) is 13.7. The second-order valence-corrected chi connectivity index (χ2v) is 10.8. The summed E-state index contributed by atoms with van der Waals surface area (Å²) in [6.07, 6.45) is 1.07. The molecule has 0 aromatic heterocycles. The average molecular weight is 669 g/mol. The van der Waals surface area contributed by atoms with Gasteiger partial charge in [-0.25, -0.2) is 0 Å². The van der Waals surface area contributed by atoms with E-state index in [0.717, 1.165) is 5.56 Å². The largest absolute Gasteiger partial charge is 0.493 e. The Morgan fingerprint density at radius 3 is 1.29 bits per heavy atom. The fourth-order valence-electron chi connectivity index (χ4n) is 5.92. The van der Waals surface area contributed by atoms with E-state index >= 15 is 0 Å². The number of amides is 2. The molecule has 1 unspecified atom stereocenters. The lowest BCUT2D eigenvalue weighted by Gasteiger charge is -2.42. The molecule has 1 aliphatic heterocycles. The maximum absolute atomic E-state index is 14.2. The molecule has 2 amide bonds.